The second-order valence-electron chi connectivity index (χ2n) is 6.39. The molecule has 0 atom stereocenters. The van der Waals surface area contributed by atoms with Crippen LogP contribution in [0.1, 0.15) is 11.1 Å². The van der Waals surface area contributed by atoms with Crippen molar-refractivity contribution < 1.29 is 4.74 Å². The standard InChI is InChI=1S/C20H17N3O2S3/c1-11-8-9-13(10-12(11)2)22-17-16(28-20(22)27)18(24)23(19(26)21-17)14-6-4-5-7-15(14)25-3/h4-10H,1-3H3,(H,21,26). The Kier molecular flexibility index (Phi) is 4.78. The Morgan fingerprint density at radius 2 is 1.79 bits per heavy atom. The number of fused-ring (bicyclic) bond motifs is 1. The maximum Gasteiger partial charge on any atom is 0.278 e. The van der Waals surface area contributed by atoms with Crippen molar-refractivity contribution in [2.45, 2.75) is 13.8 Å². The van der Waals surface area contributed by atoms with Crippen LogP contribution in [-0.2, 0) is 0 Å². The predicted molar refractivity (Wildman–Crippen MR) is 119 cm³/mol. The van der Waals surface area contributed by atoms with Crippen LogP contribution in [0.25, 0.3) is 21.7 Å². The molecule has 0 unspecified atom stereocenters. The fourth-order valence-corrected chi connectivity index (χ4v) is 4.72. The number of H-pyrrole nitrogens is 1. The van der Waals surface area contributed by atoms with Crippen molar-refractivity contribution in [3.63, 3.8) is 0 Å². The van der Waals surface area contributed by atoms with E-state index < -0.39 is 0 Å². The molecule has 0 bridgehead atoms. The lowest BCUT2D eigenvalue weighted by molar-refractivity contribution is 0.412. The summed E-state index contributed by atoms with van der Waals surface area (Å²) in [6.45, 7) is 4.11. The molecule has 0 radical (unpaired) electrons. The second-order valence-corrected chi connectivity index (χ2v) is 8.42. The zero-order valence-electron chi connectivity index (χ0n) is 15.5. The van der Waals surface area contributed by atoms with E-state index in [9.17, 15) is 4.79 Å². The molecule has 0 amide bonds. The summed E-state index contributed by atoms with van der Waals surface area (Å²) in [5, 5.41) is 0. The van der Waals surface area contributed by atoms with Crippen molar-refractivity contribution in [2.75, 3.05) is 7.11 Å². The van der Waals surface area contributed by atoms with E-state index in [0.717, 1.165) is 11.3 Å². The van der Waals surface area contributed by atoms with Crippen molar-refractivity contribution in [3.05, 3.63) is 72.7 Å². The third-order valence-corrected chi connectivity index (χ3v) is 6.36. The highest BCUT2D eigenvalue weighted by atomic mass is 32.1. The van der Waals surface area contributed by atoms with Crippen molar-refractivity contribution >= 4 is 46.1 Å². The van der Waals surface area contributed by atoms with Gasteiger partial charge >= 0.3 is 0 Å². The number of rotatable bonds is 3. The van der Waals surface area contributed by atoms with Crippen molar-refractivity contribution in [1.82, 2.24) is 14.1 Å². The minimum Gasteiger partial charge on any atom is -0.495 e. The van der Waals surface area contributed by atoms with Gasteiger partial charge in [-0.2, -0.15) is 0 Å². The van der Waals surface area contributed by atoms with Gasteiger partial charge in [0.15, 0.2) is 8.73 Å². The average molecular weight is 428 g/mol. The van der Waals surface area contributed by atoms with E-state index in [-0.39, 0.29) is 10.3 Å². The Hall–Kier alpha value is -2.55. The number of methoxy groups -OCH3 is 1. The van der Waals surface area contributed by atoms with Crippen LogP contribution < -0.4 is 10.3 Å². The lowest BCUT2D eigenvalue weighted by Gasteiger charge is -2.12. The molecule has 0 saturated carbocycles. The third kappa shape index (κ3) is 2.94. The van der Waals surface area contributed by atoms with Crippen LogP contribution in [0.2, 0.25) is 0 Å². The van der Waals surface area contributed by atoms with E-state index in [2.05, 4.69) is 18.0 Å². The van der Waals surface area contributed by atoms with Crippen LogP contribution in [0.3, 0.4) is 0 Å². The first-order valence-corrected chi connectivity index (χ1v) is 10.2. The third-order valence-electron chi connectivity index (χ3n) is 4.71. The number of nitrogens with one attached hydrogen (secondary N) is 1. The highest BCUT2D eigenvalue weighted by molar-refractivity contribution is 7.73. The number of aromatic amines is 1. The summed E-state index contributed by atoms with van der Waals surface area (Å²) in [7, 11) is 1.56. The van der Waals surface area contributed by atoms with Gasteiger partial charge < -0.3 is 9.72 Å². The normalized spacial score (nSPS) is 11.1. The summed E-state index contributed by atoms with van der Waals surface area (Å²) in [5.74, 6) is 0.570. The highest BCUT2D eigenvalue weighted by Gasteiger charge is 2.17. The van der Waals surface area contributed by atoms with Gasteiger partial charge in [-0.1, -0.05) is 29.5 Å². The summed E-state index contributed by atoms with van der Waals surface area (Å²) in [6, 6.07) is 13.4. The largest absolute Gasteiger partial charge is 0.495 e. The summed E-state index contributed by atoms with van der Waals surface area (Å²) < 4.78 is 10.1. The molecule has 2 aromatic carbocycles. The molecular weight excluding hydrogens is 410 g/mol. The van der Waals surface area contributed by atoms with E-state index in [0.29, 0.717) is 25.7 Å². The molecule has 4 aromatic rings. The van der Waals surface area contributed by atoms with Gasteiger partial charge in [0.05, 0.1) is 12.8 Å². The highest BCUT2D eigenvalue weighted by Crippen LogP contribution is 2.26. The van der Waals surface area contributed by atoms with Gasteiger partial charge in [0, 0.05) is 5.69 Å². The number of nitrogens with zero attached hydrogens (tertiary/aromatic N) is 2. The van der Waals surface area contributed by atoms with Crippen LogP contribution in [0, 0.1) is 22.6 Å². The van der Waals surface area contributed by atoms with Crippen LogP contribution in [0.15, 0.2) is 47.3 Å². The molecule has 0 aliphatic heterocycles. The Balaban J connectivity index is 2.05. The number of para-hydroxylation sites is 2. The fourth-order valence-electron chi connectivity index (χ4n) is 3.12. The Labute approximate surface area is 175 Å². The van der Waals surface area contributed by atoms with Crippen molar-refractivity contribution in [1.29, 1.82) is 0 Å². The van der Waals surface area contributed by atoms with Gasteiger partial charge in [-0.05, 0) is 73.7 Å². The molecule has 2 aromatic heterocycles. The minimum absolute atomic E-state index is 0.220. The number of ether oxygens (including phenoxy) is 1. The smallest absolute Gasteiger partial charge is 0.278 e. The number of aryl methyl sites for hydroxylation is 2. The predicted octanol–water partition coefficient (Wildman–Crippen LogP) is 5.26. The molecular formula is C20H17N3O2S3. The molecule has 0 fully saturated rings. The molecule has 4 rings (SSSR count). The van der Waals surface area contributed by atoms with Gasteiger partial charge in [0.2, 0.25) is 0 Å². The molecule has 8 heteroatoms. The van der Waals surface area contributed by atoms with E-state index in [4.69, 9.17) is 29.2 Å². The first kappa shape index (κ1) is 18.8. The summed E-state index contributed by atoms with van der Waals surface area (Å²) in [4.78, 5) is 16.5. The molecule has 0 saturated heterocycles. The molecule has 0 spiro atoms. The van der Waals surface area contributed by atoms with E-state index >= 15 is 0 Å². The molecule has 28 heavy (non-hydrogen) atoms. The molecule has 142 valence electrons. The lowest BCUT2D eigenvalue weighted by Crippen LogP contribution is -2.20. The second kappa shape index (κ2) is 7.12. The zero-order valence-corrected chi connectivity index (χ0v) is 17.9. The molecule has 5 nitrogen and oxygen atoms in total. The Morgan fingerprint density at radius 1 is 1.04 bits per heavy atom. The zero-order chi connectivity index (χ0) is 20.0. The van der Waals surface area contributed by atoms with Gasteiger partial charge in [-0.15, -0.1) is 0 Å². The maximum absolute atomic E-state index is 13.3. The average Bonchev–Trinajstić information content (AvgIpc) is 3.00. The quantitative estimate of drug-likeness (QED) is 0.454. The number of thiazole rings is 1. The van der Waals surface area contributed by atoms with E-state index in [1.165, 1.54) is 21.5 Å². The SMILES string of the molecule is COc1ccccc1-n1c(=S)[nH]c2c(sc(=S)n2-c2ccc(C)c(C)c2)c1=O. The monoisotopic (exact) mass is 427 g/mol. The fraction of sp³-hybridized carbons (Fsp3) is 0.150. The number of aromatic nitrogens is 3. The van der Waals surface area contributed by atoms with Crippen LogP contribution >= 0.6 is 35.8 Å². The van der Waals surface area contributed by atoms with Crippen LogP contribution in [0.4, 0.5) is 0 Å². The summed E-state index contributed by atoms with van der Waals surface area (Å²) in [5.41, 5.74) is 4.23. The van der Waals surface area contributed by atoms with Gasteiger partial charge in [-0.25, -0.2) is 4.57 Å². The van der Waals surface area contributed by atoms with Gasteiger partial charge in [-0.3, -0.25) is 9.36 Å². The summed E-state index contributed by atoms with van der Waals surface area (Å²) in [6.07, 6.45) is 0. The Bertz CT molecular complexity index is 1390. The van der Waals surface area contributed by atoms with Crippen LogP contribution in [-0.4, -0.2) is 21.2 Å². The maximum atomic E-state index is 13.3. The molecule has 0 aliphatic carbocycles. The molecule has 0 aliphatic rings. The number of hydrogen-bond donors (Lipinski definition) is 1. The Morgan fingerprint density at radius 3 is 2.50 bits per heavy atom. The molecule has 1 N–H and O–H groups in total. The van der Waals surface area contributed by atoms with Gasteiger partial charge in [0.25, 0.3) is 5.56 Å². The molecule has 2 heterocycles. The number of benzene rings is 2. The minimum atomic E-state index is -0.220. The van der Waals surface area contributed by atoms with E-state index in [1.807, 2.05) is 35.8 Å². The first-order valence-electron chi connectivity index (χ1n) is 8.54. The first-order chi connectivity index (χ1) is 13.4. The number of hydrogen-bond acceptors (Lipinski definition) is 5. The van der Waals surface area contributed by atoms with E-state index in [1.54, 1.807) is 19.2 Å². The lowest BCUT2D eigenvalue weighted by atomic mass is 10.1. The van der Waals surface area contributed by atoms with Gasteiger partial charge in [0.1, 0.15) is 16.1 Å². The van der Waals surface area contributed by atoms with Crippen LogP contribution in [0.5, 0.6) is 5.75 Å². The summed E-state index contributed by atoms with van der Waals surface area (Å²) >= 11 is 12.4. The van der Waals surface area contributed by atoms with Crippen molar-refractivity contribution in [2.24, 2.45) is 0 Å². The topological polar surface area (TPSA) is 51.9 Å². The van der Waals surface area contributed by atoms with Crippen molar-refractivity contribution in [3.8, 4) is 17.1 Å².